The number of hydrazone groups is 1. The number of methoxy groups -OCH3 is 1. The molecular weight excluding hydrogens is 483 g/mol. The lowest BCUT2D eigenvalue weighted by Gasteiger charge is -2.05. The molecule has 0 atom stereocenters. The van der Waals surface area contributed by atoms with E-state index in [1.165, 1.54) is 10.5 Å². The summed E-state index contributed by atoms with van der Waals surface area (Å²) >= 11 is 3.87. The van der Waals surface area contributed by atoms with Gasteiger partial charge in [-0.3, -0.25) is 4.79 Å². The molecule has 28 heavy (non-hydrogen) atoms. The monoisotopic (exact) mass is 502 g/mol. The van der Waals surface area contributed by atoms with Crippen LogP contribution in [0.4, 0.5) is 0 Å². The first kappa shape index (κ1) is 20.4. The van der Waals surface area contributed by atoms with E-state index < -0.39 is 0 Å². The molecule has 3 aromatic rings. The summed E-state index contributed by atoms with van der Waals surface area (Å²) in [5.74, 6) is 0.386. The summed E-state index contributed by atoms with van der Waals surface area (Å²) in [5, 5.41) is 4.05. The minimum absolute atomic E-state index is 0.280. The van der Waals surface area contributed by atoms with Gasteiger partial charge in [0, 0.05) is 15.4 Å². The van der Waals surface area contributed by atoms with Crippen LogP contribution < -0.4 is 10.2 Å². The fourth-order valence-electron chi connectivity index (χ4n) is 2.40. The van der Waals surface area contributed by atoms with Crippen LogP contribution in [-0.4, -0.2) is 19.2 Å². The molecule has 4 nitrogen and oxygen atoms in total. The molecule has 1 amide bonds. The van der Waals surface area contributed by atoms with Crippen molar-refractivity contribution in [1.29, 1.82) is 0 Å². The van der Waals surface area contributed by atoms with E-state index >= 15 is 0 Å². The van der Waals surface area contributed by atoms with Crippen molar-refractivity contribution in [2.45, 2.75) is 16.7 Å². The van der Waals surface area contributed by atoms with Crippen LogP contribution in [0.15, 0.2) is 81.6 Å². The van der Waals surface area contributed by atoms with E-state index in [4.69, 9.17) is 4.74 Å². The summed E-state index contributed by atoms with van der Waals surface area (Å²) in [6.45, 7) is 2.08. The molecule has 6 heteroatoms. The van der Waals surface area contributed by atoms with Gasteiger partial charge in [-0.1, -0.05) is 41.6 Å². The second-order valence-corrected chi connectivity index (χ2v) is 8.34. The van der Waals surface area contributed by atoms with Gasteiger partial charge in [-0.15, -0.1) is 0 Å². The Hall–Kier alpha value is -2.32. The maximum Gasteiger partial charge on any atom is 0.271 e. The second kappa shape index (κ2) is 9.75. The van der Waals surface area contributed by atoms with Crippen molar-refractivity contribution in [3.05, 3.63) is 87.0 Å². The fraction of sp³-hybridized carbons (Fsp3) is 0.0909. The maximum atomic E-state index is 12.2. The zero-order chi connectivity index (χ0) is 19.9. The van der Waals surface area contributed by atoms with Crippen LogP contribution in [0.2, 0.25) is 0 Å². The van der Waals surface area contributed by atoms with E-state index in [1.807, 2.05) is 30.3 Å². The number of ether oxygens (including phenoxy) is 1. The summed E-state index contributed by atoms with van der Waals surface area (Å²) in [6.07, 6.45) is 1.63. The maximum absolute atomic E-state index is 12.2. The summed E-state index contributed by atoms with van der Waals surface area (Å²) in [4.78, 5) is 14.6. The number of aryl methyl sites for hydroxylation is 1. The van der Waals surface area contributed by atoms with E-state index in [9.17, 15) is 4.79 Å². The summed E-state index contributed by atoms with van der Waals surface area (Å²) in [5.41, 5.74) is 5.21. The van der Waals surface area contributed by atoms with Crippen LogP contribution in [-0.2, 0) is 0 Å². The van der Waals surface area contributed by atoms with Crippen molar-refractivity contribution in [2.75, 3.05) is 7.11 Å². The quantitative estimate of drug-likeness (QED) is 0.274. The zero-order valence-corrected chi connectivity index (χ0v) is 18.5. The van der Waals surface area contributed by atoms with Crippen LogP contribution >= 0.6 is 34.4 Å². The highest BCUT2D eigenvalue weighted by molar-refractivity contribution is 14.1. The van der Waals surface area contributed by atoms with Gasteiger partial charge < -0.3 is 4.74 Å². The third-order valence-electron chi connectivity index (χ3n) is 3.93. The molecule has 0 spiro atoms. The number of benzene rings is 3. The lowest BCUT2D eigenvalue weighted by molar-refractivity contribution is 0.0954. The molecule has 3 rings (SSSR count). The normalized spacial score (nSPS) is 10.8. The number of carbonyl (C=O) groups is 1. The predicted molar refractivity (Wildman–Crippen MR) is 123 cm³/mol. The molecule has 1 N–H and O–H groups in total. The molecule has 0 fully saturated rings. The molecule has 0 radical (unpaired) electrons. The molecule has 142 valence electrons. The number of carbonyl (C=O) groups excluding carboxylic acids is 1. The lowest BCUT2D eigenvalue weighted by atomic mass is 10.2. The van der Waals surface area contributed by atoms with Crippen molar-refractivity contribution in [3.63, 3.8) is 0 Å². The molecule has 0 aromatic heterocycles. The van der Waals surface area contributed by atoms with E-state index in [2.05, 4.69) is 64.3 Å². The molecular formula is C22H19IN2O2S. The Morgan fingerprint density at radius 2 is 1.68 bits per heavy atom. The van der Waals surface area contributed by atoms with Gasteiger partial charge in [0.25, 0.3) is 5.91 Å². The van der Waals surface area contributed by atoms with E-state index in [-0.39, 0.29) is 5.91 Å². The number of halogens is 1. The molecule has 0 aliphatic heterocycles. The highest BCUT2D eigenvalue weighted by atomic mass is 127. The number of nitrogens with zero attached hydrogens (tertiary/aromatic N) is 1. The molecule has 3 aromatic carbocycles. The Morgan fingerprint density at radius 1 is 1.04 bits per heavy atom. The van der Waals surface area contributed by atoms with Crippen LogP contribution in [0.3, 0.4) is 0 Å². The van der Waals surface area contributed by atoms with Crippen molar-refractivity contribution in [2.24, 2.45) is 5.10 Å². The standard InChI is InChI=1S/C22H19IN2O2S/c1-15-3-8-18(9-4-15)28-19-10-5-16(6-11-19)14-24-25-22(26)17-7-12-20(23)21(13-17)27-2/h3-14H,1-2H3,(H,25,26)/b24-14+. The average Bonchev–Trinajstić information content (AvgIpc) is 2.71. The van der Waals surface area contributed by atoms with Crippen molar-refractivity contribution < 1.29 is 9.53 Å². The van der Waals surface area contributed by atoms with Gasteiger partial charge in [0.1, 0.15) is 5.75 Å². The van der Waals surface area contributed by atoms with Crippen LogP contribution in [0.25, 0.3) is 0 Å². The van der Waals surface area contributed by atoms with E-state index in [0.717, 1.165) is 14.0 Å². The molecule has 0 aliphatic rings. The van der Waals surface area contributed by atoms with Gasteiger partial charge in [0.2, 0.25) is 0 Å². The number of nitrogens with one attached hydrogen (secondary N) is 1. The Morgan fingerprint density at radius 3 is 2.32 bits per heavy atom. The molecule has 0 bridgehead atoms. The largest absolute Gasteiger partial charge is 0.496 e. The van der Waals surface area contributed by atoms with Crippen molar-refractivity contribution in [1.82, 2.24) is 5.43 Å². The third kappa shape index (κ3) is 5.59. The van der Waals surface area contributed by atoms with Gasteiger partial charge in [0.15, 0.2) is 0 Å². The number of rotatable bonds is 6. The zero-order valence-electron chi connectivity index (χ0n) is 15.5. The van der Waals surface area contributed by atoms with E-state index in [1.54, 1.807) is 37.2 Å². The van der Waals surface area contributed by atoms with Crippen molar-refractivity contribution in [3.8, 4) is 5.75 Å². The van der Waals surface area contributed by atoms with Gasteiger partial charge in [-0.05, 0) is 77.5 Å². The Balaban J connectivity index is 1.58. The topological polar surface area (TPSA) is 50.7 Å². The van der Waals surface area contributed by atoms with Crippen LogP contribution in [0, 0.1) is 10.5 Å². The predicted octanol–water partition coefficient (Wildman–Crippen LogP) is 5.52. The molecule has 0 heterocycles. The second-order valence-electron chi connectivity index (χ2n) is 6.03. The number of hydrogen-bond acceptors (Lipinski definition) is 4. The number of hydrogen-bond donors (Lipinski definition) is 1. The summed E-state index contributed by atoms with van der Waals surface area (Å²) < 4.78 is 6.19. The Kier molecular flexibility index (Phi) is 7.11. The Labute approximate surface area is 182 Å². The highest BCUT2D eigenvalue weighted by Gasteiger charge is 2.08. The molecule has 0 saturated carbocycles. The SMILES string of the molecule is COc1cc(C(=O)N/N=C/c2ccc(Sc3ccc(C)cc3)cc2)ccc1I. The van der Waals surface area contributed by atoms with Gasteiger partial charge in [-0.2, -0.15) is 5.10 Å². The smallest absolute Gasteiger partial charge is 0.271 e. The van der Waals surface area contributed by atoms with Gasteiger partial charge in [0.05, 0.1) is 16.9 Å². The average molecular weight is 502 g/mol. The highest BCUT2D eigenvalue weighted by Crippen LogP contribution is 2.27. The van der Waals surface area contributed by atoms with Crippen LogP contribution in [0.1, 0.15) is 21.5 Å². The van der Waals surface area contributed by atoms with Crippen molar-refractivity contribution >= 4 is 46.5 Å². The van der Waals surface area contributed by atoms with Gasteiger partial charge >= 0.3 is 0 Å². The molecule has 0 unspecified atom stereocenters. The van der Waals surface area contributed by atoms with Crippen LogP contribution in [0.5, 0.6) is 5.75 Å². The van der Waals surface area contributed by atoms with Gasteiger partial charge in [-0.25, -0.2) is 5.43 Å². The molecule has 0 aliphatic carbocycles. The first-order valence-electron chi connectivity index (χ1n) is 8.56. The fourth-order valence-corrected chi connectivity index (χ4v) is 3.77. The lowest BCUT2D eigenvalue weighted by Crippen LogP contribution is -2.17. The minimum Gasteiger partial charge on any atom is -0.496 e. The number of amides is 1. The minimum atomic E-state index is -0.280. The van der Waals surface area contributed by atoms with E-state index in [0.29, 0.717) is 11.3 Å². The summed E-state index contributed by atoms with van der Waals surface area (Å²) in [6, 6.07) is 21.7. The Bertz CT molecular complexity index is 986. The molecule has 0 saturated heterocycles. The summed E-state index contributed by atoms with van der Waals surface area (Å²) in [7, 11) is 1.58. The first-order valence-corrected chi connectivity index (χ1v) is 10.5. The first-order chi connectivity index (χ1) is 13.5. The third-order valence-corrected chi connectivity index (χ3v) is 5.84.